The summed E-state index contributed by atoms with van der Waals surface area (Å²) in [6.07, 6.45) is 3.25. The van der Waals surface area contributed by atoms with Crippen LogP contribution in [0.25, 0.3) is 0 Å². The number of nitrogens with zero attached hydrogens (tertiary/aromatic N) is 2. The molecule has 2 nitrogen and oxygen atoms in total. The molecule has 1 aromatic carbocycles. The number of halogens is 1. The van der Waals surface area contributed by atoms with Crippen molar-refractivity contribution in [3.63, 3.8) is 0 Å². The van der Waals surface area contributed by atoms with Crippen molar-refractivity contribution in [1.29, 1.82) is 5.26 Å². The highest BCUT2D eigenvalue weighted by molar-refractivity contribution is 9.08. The molecule has 18 heavy (non-hydrogen) atoms. The van der Waals surface area contributed by atoms with E-state index in [-0.39, 0.29) is 0 Å². The highest BCUT2D eigenvalue weighted by Gasteiger charge is 2.13. The number of alkyl halides is 1. The summed E-state index contributed by atoms with van der Waals surface area (Å²) in [5, 5.41) is 10.0. The van der Waals surface area contributed by atoms with E-state index in [0.717, 1.165) is 34.3 Å². The van der Waals surface area contributed by atoms with Crippen molar-refractivity contribution in [2.75, 3.05) is 24.0 Å². The van der Waals surface area contributed by atoms with Crippen molar-refractivity contribution in [2.24, 2.45) is 0 Å². The Balaban J connectivity index is 2.91. The molecule has 0 spiro atoms. The first-order valence-electron chi connectivity index (χ1n) is 5.94. The molecule has 0 aromatic heterocycles. The van der Waals surface area contributed by atoms with E-state index >= 15 is 0 Å². The van der Waals surface area contributed by atoms with E-state index in [1.54, 1.807) is 0 Å². The fraction of sp³-hybridized carbons (Fsp3) is 0.500. The van der Waals surface area contributed by atoms with Gasteiger partial charge in [0.2, 0.25) is 0 Å². The van der Waals surface area contributed by atoms with Gasteiger partial charge in [0.15, 0.2) is 0 Å². The second-order valence-electron chi connectivity index (χ2n) is 4.34. The van der Waals surface area contributed by atoms with E-state index in [0.29, 0.717) is 6.04 Å². The molecule has 0 saturated carbocycles. The second kappa shape index (κ2) is 7.70. The molecule has 0 fully saturated rings. The fourth-order valence-corrected chi connectivity index (χ4v) is 2.71. The highest BCUT2D eigenvalue weighted by Crippen LogP contribution is 2.24. The van der Waals surface area contributed by atoms with Gasteiger partial charge in [-0.3, -0.25) is 0 Å². The molecule has 4 heteroatoms. The summed E-state index contributed by atoms with van der Waals surface area (Å²) < 4.78 is 0. The molecule has 98 valence electrons. The SMILES string of the molecule is CSCCC(C)N(C)c1ccc(CBr)cc1C#N. The smallest absolute Gasteiger partial charge is 0.101 e. The molecule has 0 aliphatic heterocycles. The van der Waals surface area contributed by atoms with Gasteiger partial charge in [-0.1, -0.05) is 22.0 Å². The fourth-order valence-electron chi connectivity index (χ4n) is 1.78. The Morgan fingerprint density at radius 3 is 2.78 bits per heavy atom. The lowest BCUT2D eigenvalue weighted by Crippen LogP contribution is -2.30. The van der Waals surface area contributed by atoms with Crippen LogP contribution in [0, 0.1) is 11.3 Å². The van der Waals surface area contributed by atoms with Gasteiger partial charge in [0.05, 0.1) is 11.3 Å². The lowest BCUT2D eigenvalue weighted by molar-refractivity contribution is 0.669. The van der Waals surface area contributed by atoms with Crippen molar-refractivity contribution in [2.45, 2.75) is 24.7 Å². The van der Waals surface area contributed by atoms with Crippen LogP contribution in [-0.2, 0) is 5.33 Å². The van der Waals surface area contributed by atoms with Gasteiger partial charge in [-0.05, 0) is 43.0 Å². The molecular weight excluding hydrogens is 308 g/mol. The number of anilines is 1. The number of hydrogen-bond acceptors (Lipinski definition) is 3. The first kappa shape index (κ1) is 15.4. The minimum atomic E-state index is 0.444. The van der Waals surface area contributed by atoms with E-state index in [2.05, 4.69) is 53.2 Å². The molecule has 1 unspecified atom stereocenters. The van der Waals surface area contributed by atoms with Gasteiger partial charge in [-0.15, -0.1) is 0 Å². The molecule has 1 aromatic rings. The first-order valence-corrected chi connectivity index (χ1v) is 8.46. The van der Waals surface area contributed by atoms with Crippen LogP contribution in [0.1, 0.15) is 24.5 Å². The molecule has 0 amide bonds. The summed E-state index contributed by atoms with van der Waals surface area (Å²) >= 11 is 5.28. The van der Waals surface area contributed by atoms with Gasteiger partial charge in [0, 0.05) is 18.4 Å². The summed E-state index contributed by atoms with van der Waals surface area (Å²) in [6, 6.07) is 8.82. The Labute approximate surface area is 122 Å². The zero-order valence-electron chi connectivity index (χ0n) is 11.1. The molecule has 0 heterocycles. The predicted octanol–water partition coefficient (Wildman–Crippen LogP) is 4.03. The Kier molecular flexibility index (Phi) is 6.59. The molecule has 1 rings (SSSR count). The third-order valence-corrected chi connectivity index (χ3v) is 4.41. The monoisotopic (exact) mass is 326 g/mol. The van der Waals surface area contributed by atoms with Crippen LogP contribution in [0.15, 0.2) is 18.2 Å². The van der Waals surface area contributed by atoms with Crippen molar-refractivity contribution < 1.29 is 0 Å². The lowest BCUT2D eigenvalue weighted by Gasteiger charge is -2.28. The summed E-state index contributed by atoms with van der Waals surface area (Å²) in [4.78, 5) is 2.20. The highest BCUT2D eigenvalue weighted by atomic mass is 79.9. The van der Waals surface area contributed by atoms with Gasteiger partial charge in [0.25, 0.3) is 0 Å². The van der Waals surface area contributed by atoms with Crippen LogP contribution in [0.3, 0.4) is 0 Å². The Bertz CT molecular complexity index is 428. The van der Waals surface area contributed by atoms with Gasteiger partial charge in [0.1, 0.15) is 6.07 Å². The molecule has 0 bridgehead atoms. The minimum absolute atomic E-state index is 0.444. The van der Waals surface area contributed by atoms with Crippen LogP contribution >= 0.6 is 27.7 Å². The van der Waals surface area contributed by atoms with Crippen LogP contribution < -0.4 is 4.90 Å². The molecular formula is C14H19BrN2S. The summed E-state index contributed by atoms with van der Waals surface area (Å²) in [7, 11) is 2.06. The average Bonchev–Trinajstić information content (AvgIpc) is 2.43. The molecule has 0 aliphatic rings. The molecule has 0 N–H and O–H groups in total. The maximum atomic E-state index is 9.25. The molecule has 0 aliphatic carbocycles. The maximum absolute atomic E-state index is 9.25. The molecule has 0 saturated heterocycles. The second-order valence-corrected chi connectivity index (χ2v) is 5.88. The predicted molar refractivity (Wildman–Crippen MR) is 84.7 cm³/mol. The Morgan fingerprint density at radius 2 is 2.22 bits per heavy atom. The van der Waals surface area contributed by atoms with E-state index in [9.17, 15) is 5.26 Å². The van der Waals surface area contributed by atoms with E-state index in [1.807, 2.05) is 23.9 Å². The third-order valence-electron chi connectivity index (χ3n) is 3.12. The normalized spacial score (nSPS) is 11.9. The Hall–Kier alpha value is -0.660. The van der Waals surface area contributed by atoms with Crippen molar-refractivity contribution in [1.82, 2.24) is 0 Å². The first-order chi connectivity index (χ1) is 8.63. The largest absolute Gasteiger partial charge is 0.371 e. The van der Waals surface area contributed by atoms with Gasteiger partial charge in [-0.2, -0.15) is 17.0 Å². The molecule has 0 radical (unpaired) electrons. The van der Waals surface area contributed by atoms with Gasteiger partial charge in [-0.25, -0.2) is 0 Å². The zero-order valence-corrected chi connectivity index (χ0v) is 13.5. The van der Waals surface area contributed by atoms with Crippen LogP contribution in [0.4, 0.5) is 5.69 Å². The molecule has 1 atom stereocenters. The summed E-state index contributed by atoms with van der Waals surface area (Å²) in [5.41, 5.74) is 2.92. The standard InChI is InChI=1S/C14H19BrN2S/c1-11(6-7-18-3)17(2)14-5-4-12(9-15)8-13(14)10-16/h4-5,8,11H,6-7,9H2,1-3H3. The number of nitriles is 1. The van der Waals surface area contributed by atoms with Gasteiger partial charge >= 0.3 is 0 Å². The van der Waals surface area contributed by atoms with E-state index in [1.165, 1.54) is 0 Å². The maximum Gasteiger partial charge on any atom is 0.101 e. The summed E-state index contributed by atoms with van der Waals surface area (Å²) in [5.74, 6) is 1.15. The number of rotatable bonds is 6. The van der Waals surface area contributed by atoms with Crippen LogP contribution in [0.2, 0.25) is 0 Å². The third kappa shape index (κ3) is 3.93. The average molecular weight is 327 g/mol. The van der Waals surface area contributed by atoms with Crippen molar-refractivity contribution in [3.05, 3.63) is 29.3 Å². The zero-order chi connectivity index (χ0) is 13.5. The van der Waals surface area contributed by atoms with Crippen LogP contribution in [-0.4, -0.2) is 25.1 Å². The van der Waals surface area contributed by atoms with Crippen LogP contribution in [0.5, 0.6) is 0 Å². The van der Waals surface area contributed by atoms with Crippen molar-refractivity contribution in [3.8, 4) is 6.07 Å². The minimum Gasteiger partial charge on any atom is -0.371 e. The topological polar surface area (TPSA) is 27.0 Å². The number of hydrogen-bond donors (Lipinski definition) is 0. The number of thioether (sulfide) groups is 1. The quantitative estimate of drug-likeness (QED) is 0.738. The van der Waals surface area contributed by atoms with Gasteiger partial charge < -0.3 is 4.90 Å². The Morgan fingerprint density at radius 1 is 1.50 bits per heavy atom. The van der Waals surface area contributed by atoms with E-state index < -0.39 is 0 Å². The van der Waals surface area contributed by atoms with E-state index in [4.69, 9.17) is 0 Å². The van der Waals surface area contributed by atoms with Crippen molar-refractivity contribution >= 4 is 33.4 Å². The lowest BCUT2D eigenvalue weighted by atomic mass is 10.1. The summed E-state index contributed by atoms with van der Waals surface area (Å²) in [6.45, 7) is 2.20. The number of benzene rings is 1.